The molecule has 1 unspecified atom stereocenters. The predicted octanol–water partition coefficient (Wildman–Crippen LogP) is -0.0790. The maximum atomic E-state index is 11.4. The van der Waals surface area contributed by atoms with E-state index in [2.05, 4.69) is 16.0 Å². The Balaban J connectivity index is 4.19. The van der Waals surface area contributed by atoms with Crippen LogP contribution < -0.4 is 16.0 Å². The van der Waals surface area contributed by atoms with E-state index in [1.807, 2.05) is 6.92 Å². The highest BCUT2D eigenvalue weighted by Crippen LogP contribution is 2.07. The number of carbonyl (C=O) groups excluding carboxylic acids is 2. The first kappa shape index (κ1) is 16.2. The zero-order valence-corrected chi connectivity index (χ0v) is 10.9. The van der Waals surface area contributed by atoms with E-state index >= 15 is 0 Å². The van der Waals surface area contributed by atoms with Gasteiger partial charge in [0.05, 0.1) is 6.54 Å². The summed E-state index contributed by atoms with van der Waals surface area (Å²) in [6.07, 6.45) is 0.633. The van der Waals surface area contributed by atoms with Crippen molar-refractivity contribution in [2.45, 2.75) is 33.2 Å². The molecule has 0 spiro atoms. The lowest BCUT2D eigenvalue weighted by Crippen LogP contribution is -2.50. The van der Waals surface area contributed by atoms with Crippen LogP contribution in [0.25, 0.3) is 0 Å². The van der Waals surface area contributed by atoms with Crippen molar-refractivity contribution in [1.29, 1.82) is 0 Å². The standard InChI is InChI=1S/C11H21N3O4/c1-4-7(3)9(10(16)17)14-11(18)13-6-8(15)12-5-2/h7,9H,4-6H2,1-3H3,(H,12,15)(H,16,17)(H2,13,14,18)/t7?,9-/m0/s1. The second kappa shape index (κ2) is 8.32. The molecule has 0 aliphatic heterocycles. The molecule has 0 bridgehead atoms. The molecule has 0 aromatic rings. The van der Waals surface area contributed by atoms with Crippen molar-refractivity contribution in [2.75, 3.05) is 13.1 Å². The van der Waals surface area contributed by atoms with Crippen LogP contribution in [0.4, 0.5) is 4.79 Å². The molecule has 0 saturated heterocycles. The van der Waals surface area contributed by atoms with Crippen LogP contribution in [0, 0.1) is 5.92 Å². The zero-order valence-electron chi connectivity index (χ0n) is 10.9. The average Bonchev–Trinajstić information content (AvgIpc) is 2.32. The molecule has 7 nitrogen and oxygen atoms in total. The van der Waals surface area contributed by atoms with Crippen molar-refractivity contribution < 1.29 is 19.5 Å². The zero-order chi connectivity index (χ0) is 14.1. The second-order valence-corrected chi connectivity index (χ2v) is 3.98. The summed E-state index contributed by atoms with van der Waals surface area (Å²) in [7, 11) is 0. The van der Waals surface area contributed by atoms with Gasteiger partial charge in [0.1, 0.15) is 6.04 Å². The van der Waals surface area contributed by atoms with E-state index < -0.39 is 18.0 Å². The van der Waals surface area contributed by atoms with Gasteiger partial charge in [0.15, 0.2) is 0 Å². The highest BCUT2D eigenvalue weighted by Gasteiger charge is 2.25. The van der Waals surface area contributed by atoms with Gasteiger partial charge in [0, 0.05) is 6.54 Å². The molecular weight excluding hydrogens is 238 g/mol. The SMILES string of the molecule is CCNC(=O)CNC(=O)N[C@H](C(=O)O)C(C)CC. The van der Waals surface area contributed by atoms with E-state index in [4.69, 9.17) is 5.11 Å². The van der Waals surface area contributed by atoms with E-state index in [9.17, 15) is 14.4 Å². The normalized spacial score (nSPS) is 13.3. The Bertz CT molecular complexity index is 307. The number of rotatable bonds is 7. The minimum atomic E-state index is -1.09. The summed E-state index contributed by atoms with van der Waals surface area (Å²) in [5.74, 6) is -1.58. The number of carboxylic acid groups (broad SMARTS) is 1. The third kappa shape index (κ3) is 6.07. The molecule has 0 aromatic carbocycles. The van der Waals surface area contributed by atoms with Gasteiger partial charge < -0.3 is 21.1 Å². The molecule has 0 fully saturated rings. The molecule has 0 radical (unpaired) electrons. The Kier molecular flexibility index (Phi) is 7.50. The number of nitrogens with one attached hydrogen (secondary N) is 3. The maximum absolute atomic E-state index is 11.4. The molecule has 4 N–H and O–H groups in total. The molecule has 0 rings (SSSR count). The number of urea groups is 1. The van der Waals surface area contributed by atoms with E-state index in [1.54, 1.807) is 13.8 Å². The molecule has 0 aromatic heterocycles. The lowest BCUT2D eigenvalue weighted by atomic mass is 9.99. The van der Waals surface area contributed by atoms with Crippen molar-refractivity contribution in [1.82, 2.24) is 16.0 Å². The minimum Gasteiger partial charge on any atom is -0.480 e. The maximum Gasteiger partial charge on any atom is 0.326 e. The fraction of sp³-hybridized carbons (Fsp3) is 0.727. The first-order valence-electron chi connectivity index (χ1n) is 5.96. The topological polar surface area (TPSA) is 108 Å². The first-order valence-corrected chi connectivity index (χ1v) is 5.96. The molecule has 2 atom stereocenters. The van der Waals surface area contributed by atoms with E-state index in [0.29, 0.717) is 13.0 Å². The summed E-state index contributed by atoms with van der Waals surface area (Å²) in [6.45, 7) is 5.65. The number of likely N-dealkylation sites (N-methyl/N-ethyl adjacent to an activating group) is 1. The number of carbonyl (C=O) groups is 3. The number of hydrogen-bond acceptors (Lipinski definition) is 3. The van der Waals surface area contributed by atoms with Crippen LogP contribution in [0.5, 0.6) is 0 Å². The summed E-state index contributed by atoms with van der Waals surface area (Å²) in [6, 6.07) is -1.61. The first-order chi connectivity index (χ1) is 8.42. The molecule has 0 aliphatic carbocycles. The Labute approximate surface area is 106 Å². The van der Waals surface area contributed by atoms with Gasteiger partial charge in [-0.2, -0.15) is 0 Å². The van der Waals surface area contributed by atoms with Crippen LogP contribution in [0.1, 0.15) is 27.2 Å². The highest BCUT2D eigenvalue weighted by molar-refractivity contribution is 5.86. The lowest BCUT2D eigenvalue weighted by molar-refractivity contribution is -0.140. The molecular formula is C11H21N3O4. The fourth-order valence-electron chi connectivity index (χ4n) is 1.30. The number of amides is 3. The van der Waals surface area contributed by atoms with Gasteiger partial charge in [-0.15, -0.1) is 0 Å². The van der Waals surface area contributed by atoms with Crippen molar-refractivity contribution in [3.63, 3.8) is 0 Å². The summed E-state index contributed by atoms with van der Waals surface area (Å²) in [4.78, 5) is 33.5. The van der Waals surface area contributed by atoms with Crippen molar-refractivity contribution in [2.24, 2.45) is 5.92 Å². The summed E-state index contributed by atoms with van der Waals surface area (Å²) < 4.78 is 0. The fourth-order valence-corrected chi connectivity index (χ4v) is 1.30. The van der Waals surface area contributed by atoms with E-state index in [1.165, 1.54) is 0 Å². The number of aliphatic carboxylic acids is 1. The van der Waals surface area contributed by atoms with Gasteiger partial charge >= 0.3 is 12.0 Å². The lowest BCUT2D eigenvalue weighted by Gasteiger charge is -2.20. The van der Waals surface area contributed by atoms with Crippen LogP contribution in [-0.2, 0) is 9.59 Å². The van der Waals surface area contributed by atoms with Crippen molar-refractivity contribution >= 4 is 17.9 Å². The molecule has 3 amide bonds. The predicted molar refractivity (Wildman–Crippen MR) is 66.1 cm³/mol. The van der Waals surface area contributed by atoms with Crippen molar-refractivity contribution in [3.05, 3.63) is 0 Å². The van der Waals surface area contributed by atoms with E-state index in [0.717, 1.165) is 0 Å². The Morgan fingerprint density at radius 3 is 2.22 bits per heavy atom. The molecule has 0 saturated carbocycles. The summed E-state index contributed by atoms with van der Waals surface area (Å²) in [5.41, 5.74) is 0. The van der Waals surface area contributed by atoms with Gasteiger partial charge in [-0.1, -0.05) is 20.3 Å². The molecule has 0 heterocycles. The second-order valence-electron chi connectivity index (χ2n) is 3.98. The third-order valence-electron chi connectivity index (χ3n) is 2.55. The smallest absolute Gasteiger partial charge is 0.326 e. The molecule has 0 aliphatic rings. The minimum absolute atomic E-state index is 0.174. The molecule has 7 heteroatoms. The monoisotopic (exact) mass is 259 g/mol. The van der Waals surface area contributed by atoms with E-state index in [-0.39, 0.29) is 18.4 Å². The Morgan fingerprint density at radius 2 is 1.78 bits per heavy atom. The van der Waals surface area contributed by atoms with Crippen LogP contribution in [0.15, 0.2) is 0 Å². The Hall–Kier alpha value is -1.79. The van der Waals surface area contributed by atoms with Gasteiger partial charge in [-0.3, -0.25) is 4.79 Å². The molecule has 104 valence electrons. The molecule has 18 heavy (non-hydrogen) atoms. The Morgan fingerprint density at radius 1 is 1.17 bits per heavy atom. The van der Waals surface area contributed by atoms with Crippen molar-refractivity contribution in [3.8, 4) is 0 Å². The van der Waals surface area contributed by atoms with Gasteiger partial charge in [-0.05, 0) is 12.8 Å². The van der Waals surface area contributed by atoms with Crippen LogP contribution in [0.2, 0.25) is 0 Å². The highest BCUT2D eigenvalue weighted by atomic mass is 16.4. The van der Waals surface area contributed by atoms with Crippen LogP contribution >= 0.6 is 0 Å². The van der Waals surface area contributed by atoms with Crippen LogP contribution in [0.3, 0.4) is 0 Å². The van der Waals surface area contributed by atoms with Crippen LogP contribution in [-0.4, -0.2) is 42.1 Å². The largest absolute Gasteiger partial charge is 0.480 e. The van der Waals surface area contributed by atoms with Gasteiger partial charge in [0.2, 0.25) is 5.91 Å². The quantitative estimate of drug-likeness (QED) is 0.513. The van der Waals surface area contributed by atoms with Gasteiger partial charge in [-0.25, -0.2) is 9.59 Å². The third-order valence-corrected chi connectivity index (χ3v) is 2.55. The summed E-state index contributed by atoms with van der Waals surface area (Å²) >= 11 is 0. The summed E-state index contributed by atoms with van der Waals surface area (Å²) in [5, 5.41) is 16.1. The average molecular weight is 259 g/mol. The number of carboxylic acids is 1. The van der Waals surface area contributed by atoms with Gasteiger partial charge in [0.25, 0.3) is 0 Å². The number of hydrogen-bond donors (Lipinski definition) is 4.